The molecule has 84 valence electrons. The van der Waals surface area contributed by atoms with Crippen LogP contribution in [0.5, 0.6) is 0 Å². The van der Waals surface area contributed by atoms with Crippen LogP contribution >= 0.6 is 0 Å². The highest BCUT2D eigenvalue weighted by Gasteiger charge is 2.24. The molecule has 1 heterocycles. The van der Waals surface area contributed by atoms with Crippen molar-refractivity contribution < 1.29 is 0 Å². The molecule has 1 aliphatic heterocycles. The molecule has 1 aliphatic rings. The summed E-state index contributed by atoms with van der Waals surface area (Å²) in [7, 11) is 0. The standard InChI is InChI=1S/C12H26N2/c1-4-11(13)5-8-14-9-6-12(2,3)7-10-14/h11H,4-10,13H2,1-3H3. The summed E-state index contributed by atoms with van der Waals surface area (Å²) in [6.45, 7) is 10.7. The number of likely N-dealkylation sites (tertiary alicyclic amines) is 1. The third-order valence-electron chi connectivity index (χ3n) is 3.55. The van der Waals surface area contributed by atoms with Gasteiger partial charge in [-0.1, -0.05) is 20.8 Å². The third-order valence-corrected chi connectivity index (χ3v) is 3.55. The van der Waals surface area contributed by atoms with Crippen molar-refractivity contribution in [2.24, 2.45) is 11.1 Å². The molecule has 2 N–H and O–H groups in total. The van der Waals surface area contributed by atoms with E-state index in [2.05, 4.69) is 25.7 Å². The van der Waals surface area contributed by atoms with Crippen LogP contribution in [0.1, 0.15) is 46.5 Å². The highest BCUT2D eigenvalue weighted by atomic mass is 15.1. The fourth-order valence-electron chi connectivity index (χ4n) is 1.93. The average Bonchev–Trinajstić information content (AvgIpc) is 2.16. The number of piperidine rings is 1. The second-order valence-electron chi connectivity index (χ2n) is 5.46. The number of nitrogens with two attached hydrogens (primary N) is 1. The van der Waals surface area contributed by atoms with Gasteiger partial charge >= 0.3 is 0 Å². The molecule has 2 heteroatoms. The molecule has 1 saturated heterocycles. The van der Waals surface area contributed by atoms with Gasteiger partial charge in [-0.15, -0.1) is 0 Å². The van der Waals surface area contributed by atoms with Gasteiger partial charge in [0, 0.05) is 6.04 Å². The summed E-state index contributed by atoms with van der Waals surface area (Å²) in [5.74, 6) is 0. The molecule has 0 aromatic rings. The average molecular weight is 198 g/mol. The van der Waals surface area contributed by atoms with Gasteiger partial charge in [-0.3, -0.25) is 0 Å². The van der Waals surface area contributed by atoms with Crippen LogP contribution in [0, 0.1) is 5.41 Å². The van der Waals surface area contributed by atoms with Gasteiger partial charge in [0.1, 0.15) is 0 Å². The first-order valence-corrected chi connectivity index (χ1v) is 6.01. The van der Waals surface area contributed by atoms with Crippen molar-refractivity contribution in [3.8, 4) is 0 Å². The third kappa shape index (κ3) is 3.97. The molecule has 0 spiro atoms. The normalized spacial score (nSPS) is 24.9. The Morgan fingerprint density at radius 1 is 1.29 bits per heavy atom. The van der Waals surface area contributed by atoms with E-state index in [4.69, 9.17) is 5.73 Å². The summed E-state index contributed by atoms with van der Waals surface area (Å²) in [6, 6.07) is 0.407. The van der Waals surface area contributed by atoms with E-state index in [0.29, 0.717) is 11.5 Å². The van der Waals surface area contributed by atoms with Crippen LogP contribution in [0.2, 0.25) is 0 Å². The fraction of sp³-hybridized carbons (Fsp3) is 1.00. The number of hydrogen-bond acceptors (Lipinski definition) is 2. The Hall–Kier alpha value is -0.0800. The van der Waals surface area contributed by atoms with Gasteiger partial charge in [0.05, 0.1) is 0 Å². The Kier molecular flexibility index (Phi) is 4.39. The van der Waals surface area contributed by atoms with E-state index in [0.717, 1.165) is 12.8 Å². The van der Waals surface area contributed by atoms with Gasteiger partial charge in [0.25, 0.3) is 0 Å². The van der Waals surface area contributed by atoms with Gasteiger partial charge in [0.2, 0.25) is 0 Å². The fourth-order valence-corrected chi connectivity index (χ4v) is 1.93. The second kappa shape index (κ2) is 5.13. The maximum absolute atomic E-state index is 5.92. The van der Waals surface area contributed by atoms with Crippen molar-refractivity contribution in [1.82, 2.24) is 4.90 Å². The summed E-state index contributed by atoms with van der Waals surface area (Å²) in [4.78, 5) is 2.57. The first-order valence-electron chi connectivity index (χ1n) is 6.01. The van der Waals surface area contributed by atoms with Crippen LogP contribution in [0.15, 0.2) is 0 Å². The maximum Gasteiger partial charge on any atom is 0.00483 e. The predicted octanol–water partition coefficient (Wildman–Crippen LogP) is 2.24. The van der Waals surface area contributed by atoms with E-state index in [9.17, 15) is 0 Å². The second-order valence-corrected chi connectivity index (χ2v) is 5.46. The molecule has 0 aromatic heterocycles. The zero-order valence-electron chi connectivity index (χ0n) is 10.1. The Morgan fingerprint density at radius 3 is 2.36 bits per heavy atom. The Labute approximate surface area is 88.8 Å². The molecule has 0 radical (unpaired) electrons. The zero-order chi connectivity index (χ0) is 10.6. The Balaban J connectivity index is 2.16. The Bertz CT molecular complexity index is 156. The lowest BCUT2D eigenvalue weighted by molar-refractivity contribution is 0.129. The number of rotatable bonds is 4. The smallest absolute Gasteiger partial charge is 0.00483 e. The zero-order valence-corrected chi connectivity index (χ0v) is 10.1. The van der Waals surface area contributed by atoms with Crippen molar-refractivity contribution in [3.05, 3.63) is 0 Å². The molecule has 0 saturated carbocycles. The van der Waals surface area contributed by atoms with Crippen LogP contribution < -0.4 is 5.73 Å². The summed E-state index contributed by atoms with van der Waals surface area (Å²) >= 11 is 0. The lowest BCUT2D eigenvalue weighted by atomic mass is 9.82. The van der Waals surface area contributed by atoms with Crippen LogP contribution in [-0.4, -0.2) is 30.6 Å². The van der Waals surface area contributed by atoms with Crippen LogP contribution in [0.3, 0.4) is 0 Å². The highest BCUT2D eigenvalue weighted by Crippen LogP contribution is 2.29. The SMILES string of the molecule is CCC(N)CCN1CCC(C)(C)CC1. The van der Waals surface area contributed by atoms with E-state index < -0.39 is 0 Å². The van der Waals surface area contributed by atoms with E-state index >= 15 is 0 Å². The van der Waals surface area contributed by atoms with Crippen LogP contribution in [-0.2, 0) is 0 Å². The van der Waals surface area contributed by atoms with Gasteiger partial charge in [0.15, 0.2) is 0 Å². The molecule has 1 rings (SSSR count). The topological polar surface area (TPSA) is 29.3 Å². The molecule has 0 amide bonds. The minimum atomic E-state index is 0.407. The van der Waals surface area contributed by atoms with E-state index in [-0.39, 0.29) is 0 Å². The summed E-state index contributed by atoms with van der Waals surface area (Å²) in [6.07, 6.45) is 4.96. The molecule has 0 aliphatic carbocycles. The van der Waals surface area contributed by atoms with E-state index in [1.54, 1.807) is 0 Å². The molecule has 0 bridgehead atoms. The lowest BCUT2D eigenvalue weighted by Gasteiger charge is -2.37. The quantitative estimate of drug-likeness (QED) is 0.750. The Morgan fingerprint density at radius 2 is 1.86 bits per heavy atom. The van der Waals surface area contributed by atoms with Crippen LogP contribution in [0.4, 0.5) is 0 Å². The highest BCUT2D eigenvalue weighted by molar-refractivity contribution is 4.78. The van der Waals surface area contributed by atoms with Crippen molar-refractivity contribution in [2.75, 3.05) is 19.6 Å². The molecular formula is C12H26N2. The van der Waals surface area contributed by atoms with Crippen LogP contribution in [0.25, 0.3) is 0 Å². The minimum absolute atomic E-state index is 0.407. The van der Waals surface area contributed by atoms with Crippen molar-refractivity contribution in [3.63, 3.8) is 0 Å². The number of nitrogens with zero attached hydrogens (tertiary/aromatic N) is 1. The summed E-state index contributed by atoms with van der Waals surface area (Å²) in [5, 5.41) is 0. The molecule has 1 unspecified atom stereocenters. The maximum atomic E-state index is 5.92. The summed E-state index contributed by atoms with van der Waals surface area (Å²) < 4.78 is 0. The van der Waals surface area contributed by atoms with Crippen molar-refractivity contribution in [1.29, 1.82) is 0 Å². The van der Waals surface area contributed by atoms with Gasteiger partial charge in [-0.05, 0) is 50.7 Å². The first-order chi connectivity index (χ1) is 6.53. The summed E-state index contributed by atoms with van der Waals surface area (Å²) in [5.41, 5.74) is 6.49. The van der Waals surface area contributed by atoms with Gasteiger partial charge < -0.3 is 10.6 Å². The van der Waals surface area contributed by atoms with Crippen molar-refractivity contribution >= 4 is 0 Å². The minimum Gasteiger partial charge on any atom is -0.328 e. The molecular weight excluding hydrogens is 172 g/mol. The molecule has 1 fully saturated rings. The lowest BCUT2D eigenvalue weighted by Crippen LogP contribution is -2.39. The first kappa shape index (κ1) is 12.0. The van der Waals surface area contributed by atoms with Gasteiger partial charge in [-0.2, -0.15) is 0 Å². The predicted molar refractivity (Wildman–Crippen MR) is 62.3 cm³/mol. The van der Waals surface area contributed by atoms with E-state index in [1.807, 2.05) is 0 Å². The monoisotopic (exact) mass is 198 g/mol. The number of hydrogen-bond donors (Lipinski definition) is 1. The largest absolute Gasteiger partial charge is 0.328 e. The molecule has 2 nitrogen and oxygen atoms in total. The molecule has 0 aromatic carbocycles. The van der Waals surface area contributed by atoms with E-state index in [1.165, 1.54) is 32.5 Å². The van der Waals surface area contributed by atoms with Crippen molar-refractivity contribution in [2.45, 2.75) is 52.5 Å². The van der Waals surface area contributed by atoms with Gasteiger partial charge in [-0.25, -0.2) is 0 Å². The molecule has 14 heavy (non-hydrogen) atoms. The molecule has 1 atom stereocenters.